The zero-order valence-electron chi connectivity index (χ0n) is 20.9. The number of nitrogens with zero attached hydrogens (tertiary/aromatic N) is 1. The molecule has 0 aromatic heterocycles. The van der Waals surface area contributed by atoms with Gasteiger partial charge < -0.3 is 24.6 Å². The fourth-order valence-corrected chi connectivity index (χ4v) is 3.39. The maximum absolute atomic E-state index is 14.1. The van der Waals surface area contributed by atoms with Gasteiger partial charge in [-0.3, -0.25) is 4.90 Å². The number of benzene rings is 2. The summed E-state index contributed by atoms with van der Waals surface area (Å²) < 4.78 is 30.6. The molecule has 2 amide bonds. The summed E-state index contributed by atoms with van der Waals surface area (Å²) in [6.07, 6.45) is -1.72. The van der Waals surface area contributed by atoms with Gasteiger partial charge in [0.15, 0.2) is 0 Å². The third kappa shape index (κ3) is 8.54. The fourth-order valence-electron chi connectivity index (χ4n) is 3.21. The van der Waals surface area contributed by atoms with Crippen LogP contribution in [0.3, 0.4) is 0 Å². The molecule has 196 valence electrons. The molecule has 10 heteroatoms. The summed E-state index contributed by atoms with van der Waals surface area (Å²) in [7, 11) is 1.42. The van der Waals surface area contributed by atoms with Crippen molar-refractivity contribution in [3.05, 3.63) is 77.1 Å². The molecule has 2 aromatic carbocycles. The normalized spacial score (nSPS) is 12.9. The zero-order valence-corrected chi connectivity index (χ0v) is 21.8. The van der Waals surface area contributed by atoms with E-state index in [1.54, 1.807) is 0 Å². The number of nitrogens with one attached hydrogen (secondary N) is 1. The van der Waals surface area contributed by atoms with Crippen LogP contribution in [0.4, 0.5) is 9.18 Å². The minimum atomic E-state index is -1.39. The van der Waals surface area contributed by atoms with E-state index < -0.39 is 35.6 Å². The van der Waals surface area contributed by atoms with Gasteiger partial charge in [-0.15, -0.1) is 12.6 Å². The standard InChI is InChI=1S/C26H33FN2O6S/c1-17(30)15-34-23(21-13-20(27)11-12-22(21)33-5)14-29(18(2)36)25(32)28-26(3,4)24(31)35-16-19-9-7-6-8-10-19/h6-13,17,23,30,36H,2,14-16H2,1,3-5H3,(H,28,32)/t17?,23-/m0/s1. The van der Waals surface area contributed by atoms with Gasteiger partial charge in [-0.2, -0.15) is 0 Å². The van der Waals surface area contributed by atoms with E-state index in [0.717, 1.165) is 10.5 Å². The molecular weight excluding hydrogens is 487 g/mol. The Morgan fingerprint density at radius 1 is 1.22 bits per heavy atom. The third-order valence-corrected chi connectivity index (χ3v) is 5.37. The summed E-state index contributed by atoms with van der Waals surface area (Å²) in [5.74, 6) is -0.834. The van der Waals surface area contributed by atoms with Gasteiger partial charge in [0, 0.05) is 5.56 Å². The molecule has 0 aliphatic rings. The summed E-state index contributed by atoms with van der Waals surface area (Å²) in [5.41, 5.74) is -0.257. The summed E-state index contributed by atoms with van der Waals surface area (Å²) >= 11 is 4.23. The number of hydrogen-bond acceptors (Lipinski definition) is 7. The van der Waals surface area contributed by atoms with E-state index >= 15 is 0 Å². The van der Waals surface area contributed by atoms with Crippen molar-refractivity contribution in [3.63, 3.8) is 0 Å². The Kier molecular flexibility index (Phi) is 10.8. The molecule has 1 unspecified atom stereocenters. The summed E-state index contributed by atoms with van der Waals surface area (Å²) in [4.78, 5) is 27.0. The van der Waals surface area contributed by atoms with E-state index in [2.05, 4.69) is 24.5 Å². The Morgan fingerprint density at radius 2 is 1.89 bits per heavy atom. The first-order valence-electron chi connectivity index (χ1n) is 11.3. The molecular formula is C26H33FN2O6S. The molecule has 0 saturated heterocycles. The predicted octanol–water partition coefficient (Wildman–Crippen LogP) is 4.21. The van der Waals surface area contributed by atoms with E-state index in [9.17, 15) is 19.1 Å². The van der Waals surface area contributed by atoms with Crippen molar-refractivity contribution >= 4 is 24.6 Å². The molecule has 36 heavy (non-hydrogen) atoms. The Hall–Kier alpha value is -3.08. The smallest absolute Gasteiger partial charge is 0.331 e. The fraction of sp³-hybridized carbons (Fsp3) is 0.385. The largest absolute Gasteiger partial charge is 0.496 e. The van der Waals surface area contributed by atoms with Crippen molar-refractivity contribution in [2.24, 2.45) is 0 Å². The molecule has 0 fully saturated rings. The van der Waals surface area contributed by atoms with Crippen LogP contribution >= 0.6 is 12.6 Å². The third-order valence-electron chi connectivity index (χ3n) is 5.12. The number of esters is 1. The first-order chi connectivity index (χ1) is 16.9. The molecule has 0 aliphatic carbocycles. The highest BCUT2D eigenvalue weighted by molar-refractivity contribution is 7.84. The van der Waals surface area contributed by atoms with Crippen LogP contribution in [0, 0.1) is 5.82 Å². The van der Waals surface area contributed by atoms with Crippen LogP contribution < -0.4 is 10.1 Å². The number of ether oxygens (including phenoxy) is 3. The zero-order chi connectivity index (χ0) is 26.9. The van der Waals surface area contributed by atoms with Gasteiger partial charge in [-0.1, -0.05) is 36.9 Å². The van der Waals surface area contributed by atoms with Crippen LogP contribution in [-0.2, 0) is 20.9 Å². The molecule has 0 saturated carbocycles. The second kappa shape index (κ2) is 13.3. The van der Waals surface area contributed by atoms with Gasteiger partial charge >= 0.3 is 12.0 Å². The molecule has 2 rings (SSSR count). The molecule has 2 aromatic rings. The SMILES string of the molecule is C=C(S)N(C[C@H](OCC(C)O)c1cc(F)ccc1OC)C(=O)NC(C)(C)C(=O)OCc1ccccc1. The summed E-state index contributed by atoms with van der Waals surface area (Å²) in [6.45, 7) is 8.09. The highest BCUT2D eigenvalue weighted by Gasteiger charge is 2.34. The Balaban J connectivity index is 2.20. The summed E-state index contributed by atoms with van der Waals surface area (Å²) in [6, 6.07) is 12.4. The van der Waals surface area contributed by atoms with Gasteiger partial charge in [0.2, 0.25) is 0 Å². The molecule has 0 spiro atoms. The molecule has 2 atom stereocenters. The van der Waals surface area contributed by atoms with E-state index in [0.29, 0.717) is 11.3 Å². The number of hydrogen-bond donors (Lipinski definition) is 3. The predicted molar refractivity (Wildman–Crippen MR) is 137 cm³/mol. The summed E-state index contributed by atoms with van der Waals surface area (Å²) in [5, 5.41) is 12.4. The lowest BCUT2D eigenvalue weighted by Gasteiger charge is -2.32. The van der Waals surface area contributed by atoms with Gasteiger partial charge in [0.05, 0.1) is 31.4 Å². The van der Waals surface area contributed by atoms with Crippen molar-refractivity contribution in [1.29, 1.82) is 0 Å². The molecule has 0 radical (unpaired) electrons. The topological polar surface area (TPSA) is 97.3 Å². The van der Waals surface area contributed by atoms with Gasteiger partial charge in [0.1, 0.15) is 29.8 Å². The maximum atomic E-state index is 14.1. The van der Waals surface area contributed by atoms with Crippen molar-refractivity contribution in [2.45, 2.75) is 45.1 Å². The van der Waals surface area contributed by atoms with E-state index in [-0.39, 0.29) is 24.8 Å². The second-order valence-corrected chi connectivity index (χ2v) is 9.22. The number of thiol groups is 1. The van der Waals surface area contributed by atoms with Crippen LogP contribution in [0.1, 0.15) is 38.0 Å². The number of amides is 2. The Morgan fingerprint density at radius 3 is 2.47 bits per heavy atom. The van der Waals surface area contributed by atoms with Crippen LogP contribution in [0.2, 0.25) is 0 Å². The maximum Gasteiger partial charge on any atom is 0.331 e. The first kappa shape index (κ1) is 29.2. The lowest BCUT2D eigenvalue weighted by Crippen LogP contribution is -2.54. The average Bonchev–Trinajstić information content (AvgIpc) is 2.82. The molecule has 0 aliphatic heterocycles. The van der Waals surface area contributed by atoms with Crippen molar-refractivity contribution < 1.29 is 33.3 Å². The number of carbonyl (C=O) groups excluding carboxylic acids is 2. The van der Waals surface area contributed by atoms with Crippen LogP contribution in [0.15, 0.2) is 60.1 Å². The van der Waals surface area contributed by atoms with Crippen molar-refractivity contribution in [2.75, 3.05) is 20.3 Å². The highest BCUT2D eigenvalue weighted by Crippen LogP contribution is 2.31. The van der Waals surface area contributed by atoms with Crippen molar-refractivity contribution in [3.8, 4) is 5.75 Å². The number of methoxy groups -OCH3 is 1. The lowest BCUT2D eigenvalue weighted by atomic mass is 10.1. The van der Waals surface area contributed by atoms with Gasteiger partial charge in [-0.05, 0) is 44.5 Å². The van der Waals surface area contributed by atoms with Crippen LogP contribution in [0.5, 0.6) is 5.75 Å². The number of halogens is 1. The van der Waals surface area contributed by atoms with Crippen LogP contribution in [0.25, 0.3) is 0 Å². The average molecular weight is 521 g/mol. The van der Waals surface area contributed by atoms with Gasteiger partial charge in [-0.25, -0.2) is 14.0 Å². The minimum absolute atomic E-state index is 0.0522. The molecule has 0 bridgehead atoms. The van der Waals surface area contributed by atoms with E-state index in [4.69, 9.17) is 14.2 Å². The van der Waals surface area contributed by atoms with E-state index in [1.165, 1.54) is 46.1 Å². The van der Waals surface area contributed by atoms with Crippen LogP contribution in [-0.4, -0.2) is 53.9 Å². The number of carbonyl (C=O) groups is 2. The Bertz CT molecular complexity index is 1050. The van der Waals surface area contributed by atoms with E-state index in [1.807, 2.05) is 30.3 Å². The lowest BCUT2D eigenvalue weighted by molar-refractivity contribution is -0.151. The Labute approximate surface area is 216 Å². The minimum Gasteiger partial charge on any atom is -0.496 e. The monoisotopic (exact) mass is 520 g/mol. The molecule has 2 N–H and O–H groups in total. The second-order valence-electron chi connectivity index (χ2n) is 8.70. The molecule has 8 nitrogen and oxygen atoms in total. The number of aliphatic hydroxyl groups excluding tert-OH is 1. The molecule has 0 heterocycles. The number of aliphatic hydroxyl groups is 1. The number of urea groups is 1. The highest BCUT2D eigenvalue weighted by atomic mass is 32.1. The van der Waals surface area contributed by atoms with Crippen molar-refractivity contribution in [1.82, 2.24) is 10.2 Å². The first-order valence-corrected chi connectivity index (χ1v) is 11.7. The van der Waals surface area contributed by atoms with Gasteiger partial charge in [0.25, 0.3) is 0 Å². The quantitative estimate of drug-likeness (QED) is 0.287. The number of rotatable bonds is 12.